The van der Waals surface area contributed by atoms with Gasteiger partial charge < -0.3 is 42.2 Å². The van der Waals surface area contributed by atoms with Crippen molar-refractivity contribution in [2.24, 2.45) is 0 Å². The molecule has 4 rings (SSSR count). The third kappa shape index (κ3) is 2.85. The second-order valence-corrected chi connectivity index (χ2v) is 4.26. The number of hydrogen-bond donors (Lipinski definition) is 1. The van der Waals surface area contributed by atoms with Crippen LogP contribution in [0.25, 0.3) is 22.2 Å². The molecule has 0 radical (unpaired) electrons. The normalized spacial score (nSPS) is 10.2. The fourth-order valence-corrected chi connectivity index (χ4v) is 2.64. The molecule has 0 bridgehead atoms. The summed E-state index contributed by atoms with van der Waals surface area (Å²) in [5.41, 5.74) is 6.58. The number of fused-ring (bicyclic) bond motifs is 5. The summed E-state index contributed by atoms with van der Waals surface area (Å²) in [7, 11) is 0. The van der Waals surface area contributed by atoms with Crippen molar-refractivity contribution in [1.82, 2.24) is 4.98 Å². The number of para-hydroxylation sites is 1. The minimum absolute atomic E-state index is 0. The monoisotopic (exact) mass is 399 g/mol. The molecule has 100 valence electrons. The van der Waals surface area contributed by atoms with Crippen LogP contribution in [0.5, 0.6) is 0 Å². The van der Waals surface area contributed by atoms with Crippen LogP contribution in [-0.4, -0.2) is 4.98 Å². The predicted octanol–water partition coefficient (Wildman–Crippen LogP) is -5.45. The van der Waals surface area contributed by atoms with Gasteiger partial charge in [0.1, 0.15) is 0 Å². The van der Waals surface area contributed by atoms with Crippen LogP contribution in [0.4, 0.5) is 0 Å². The third-order valence-electron chi connectivity index (χ3n) is 3.38. The average molecular weight is 402 g/mol. The molecule has 0 fully saturated rings. The van der Waals surface area contributed by atoms with E-state index in [0.717, 1.165) is 6.42 Å². The van der Waals surface area contributed by atoms with Gasteiger partial charge in [-0.05, 0) is 23.7 Å². The van der Waals surface area contributed by atoms with Gasteiger partial charge in [0.2, 0.25) is 0 Å². The van der Waals surface area contributed by atoms with Crippen molar-refractivity contribution in [3.05, 3.63) is 59.7 Å². The molecule has 0 amide bonds. The smallest absolute Gasteiger partial charge is 1.00 e. The molecule has 1 heterocycles. The fourth-order valence-electron chi connectivity index (χ4n) is 2.64. The van der Waals surface area contributed by atoms with E-state index >= 15 is 0 Å². The van der Waals surface area contributed by atoms with Gasteiger partial charge in [0.25, 0.3) is 0 Å². The number of aromatic amines is 1. The van der Waals surface area contributed by atoms with E-state index in [4.69, 9.17) is 0 Å². The molecule has 1 aliphatic rings. The molecule has 1 N–H and O–H groups in total. The molecular weight excluding hydrogens is 392 g/mol. The number of nitrogens with one attached hydrogen (secondary N) is 1. The zero-order chi connectivity index (χ0) is 10.5. The number of halogens is 3. The Morgan fingerprint density at radius 2 is 1.70 bits per heavy atom. The van der Waals surface area contributed by atoms with E-state index in [1.165, 1.54) is 33.3 Å². The van der Waals surface area contributed by atoms with Crippen LogP contribution < -0.4 is 37.2 Å². The van der Waals surface area contributed by atoms with Crippen LogP contribution in [0.3, 0.4) is 0 Å². The van der Waals surface area contributed by atoms with E-state index in [9.17, 15) is 0 Å². The zero-order valence-corrected chi connectivity index (χ0v) is 15.1. The van der Waals surface area contributed by atoms with Gasteiger partial charge in [-0.25, -0.2) is 0 Å². The predicted molar refractivity (Wildman–Crippen MR) is 65.4 cm³/mol. The van der Waals surface area contributed by atoms with Crippen molar-refractivity contribution in [1.29, 1.82) is 0 Å². The van der Waals surface area contributed by atoms with Gasteiger partial charge in [0, 0.05) is 10.9 Å². The number of aromatic nitrogens is 1. The molecule has 1 nitrogen and oxygen atoms in total. The molecule has 5 heteroatoms. The first kappa shape index (κ1) is 19.7. The Morgan fingerprint density at radius 3 is 2.50 bits per heavy atom. The van der Waals surface area contributed by atoms with Crippen LogP contribution in [0, 0.1) is 6.07 Å². The van der Waals surface area contributed by atoms with Gasteiger partial charge in [-0.15, -0.1) is 11.1 Å². The van der Waals surface area contributed by atoms with Crippen molar-refractivity contribution in [3.63, 3.8) is 0 Å². The number of hydrogen-bond acceptors (Lipinski definition) is 0. The van der Waals surface area contributed by atoms with Crippen molar-refractivity contribution in [2.45, 2.75) is 6.42 Å². The van der Waals surface area contributed by atoms with Crippen LogP contribution in [0.15, 0.2) is 42.5 Å². The van der Waals surface area contributed by atoms with Crippen LogP contribution in [0.2, 0.25) is 0 Å². The number of H-pyrrole nitrogens is 1. The standard InChI is InChI=1S/C15H10N.3ClH.Zr/c1-2-6-11-10(5-1)9-13-12-7-3-4-8-14(12)16-15(11)13;;;;/h1-4,6-8,16H,9H2;3*1H;/q-1;;;;+4/p-3. The average Bonchev–Trinajstić information content (AvgIpc) is 2.85. The van der Waals surface area contributed by atoms with Gasteiger partial charge in [0.15, 0.2) is 0 Å². The second-order valence-electron chi connectivity index (χ2n) is 4.26. The molecule has 0 atom stereocenters. The summed E-state index contributed by atoms with van der Waals surface area (Å²) in [5.74, 6) is 0. The molecule has 0 saturated heterocycles. The molecule has 1 aliphatic carbocycles. The third-order valence-corrected chi connectivity index (χ3v) is 3.38. The minimum Gasteiger partial charge on any atom is -1.00 e. The van der Waals surface area contributed by atoms with Gasteiger partial charge in [-0.2, -0.15) is 24.3 Å². The molecule has 2 aromatic carbocycles. The molecule has 0 spiro atoms. The minimum atomic E-state index is 0. The molecule has 20 heavy (non-hydrogen) atoms. The quantitative estimate of drug-likeness (QED) is 0.283. The Balaban J connectivity index is 0.000000902. The number of benzene rings is 2. The molecule has 0 unspecified atom stereocenters. The van der Waals surface area contributed by atoms with Crippen LogP contribution in [0.1, 0.15) is 11.1 Å². The van der Waals surface area contributed by atoms with Gasteiger partial charge in [0.05, 0.1) is 0 Å². The van der Waals surface area contributed by atoms with Gasteiger partial charge in [-0.1, -0.05) is 18.2 Å². The van der Waals surface area contributed by atoms with E-state index in [1.807, 2.05) is 6.07 Å². The Morgan fingerprint density at radius 1 is 0.950 bits per heavy atom. The van der Waals surface area contributed by atoms with E-state index in [1.54, 1.807) is 0 Å². The first-order chi connectivity index (χ1) is 7.93. The van der Waals surface area contributed by atoms with Crippen molar-refractivity contribution in [2.75, 3.05) is 0 Å². The second kappa shape index (κ2) is 7.66. The molecule has 3 aromatic rings. The maximum absolute atomic E-state index is 3.51. The van der Waals surface area contributed by atoms with Gasteiger partial charge in [-0.3, -0.25) is 0 Å². The Labute approximate surface area is 155 Å². The molecule has 0 saturated carbocycles. The van der Waals surface area contributed by atoms with Crippen LogP contribution >= 0.6 is 0 Å². The van der Waals surface area contributed by atoms with Crippen molar-refractivity contribution >= 4 is 10.9 Å². The van der Waals surface area contributed by atoms with Gasteiger partial charge >= 0.3 is 26.2 Å². The van der Waals surface area contributed by atoms with E-state index in [0.29, 0.717) is 0 Å². The number of rotatable bonds is 0. The summed E-state index contributed by atoms with van der Waals surface area (Å²) in [6.45, 7) is 0. The summed E-state index contributed by atoms with van der Waals surface area (Å²) < 4.78 is 0. The maximum Gasteiger partial charge on any atom is 4.00 e. The van der Waals surface area contributed by atoms with E-state index in [2.05, 4.69) is 47.4 Å². The van der Waals surface area contributed by atoms with Crippen LogP contribution in [-0.2, 0) is 32.6 Å². The summed E-state index contributed by atoms with van der Waals surface area (Å²) in [6, 6.07) is 18.1. The Bertz CT molecular complexity index is 709. The first-order valence-corrected chi connectivity index (χ1v) is 5.53. The largest absolute Gasteiger partial charge is 4.00 e. The molecular formula is C15H10Cl3NZr. The summed E-state index contributed by atoms with van der Waals surface area (Å²) in [5, 5.41) is 1.35. The van der Waals surface area contributed by atoms with Crippen molar-refractivity contribution in [3.8, 4) is 11.3 Å². The maximum atomic E-state index is 3.51. The van der Waals surface area contributed by atoms with E-state index in [-0.39, 0.29) is 63.4 Å². The topological polar surface area (TPSA) is 15.8 Å². The SMILES string of the molecule is [Cl-].[Cl-].[Cl-].[Zr+4].[c-]1cccc2c1Cc1c-2[nH]c2ccccc12. The molecule has 1 aromatic heterocycles. The molecule has 0 aliphatic heterocycles. The zero-order valence-electron chi connectivity index (χ0n) is 10.4. The van der Waals surface area contributed by atoms with Crippen molar-refractivity contribution < 1.29 is 63.4 Å². The van der Waals surface area contributed by atoms with E-state index < -0.39 is 0 Å². The summed E-state index contributed by atoms with van der Waals surface area (Å²) in [6.07, 6.45) is 1.01. The summed E-state index contributed by atoms with van der Waals surface area (Å²) >= 11 is 0. The Kier molecular flexibility index (Phi) is 7.56. The first-order valence-electron chi connectivity index (χ1n) is 5.53. The summed E-state index contributed by atoms with van der Waals surface area (Å²) in [4.78, 5) is 3.51. The fraction of sp³-hybridized carbons (Fsp3) is 0.0667. The Hall–Kier alpha value is -0.267.